The van der Waals surface area contributed by atoms with E-state index in [-0.39, 0.29) is 11.5 Å². The van der Waals surface area contributed by atoms with E-state index >= 15 is 0 Å². The number of alkyl halides is 3. The average molecular weight is 362 g/mol. The normalized spacial score (nSPS) is 11.2. The number of pyridine rings is 1. The lowest BCUT2D eigenvalue weighted by atomic mass is 10.1. The van der Waals surface area contributed by atoms with Gasteiger partial charge in [0.05, 0.1) is 0 Å². The van der Waals surface area contributed by atoms with Gasteiger partial charge in [0.2, 0.25) is 11.6 Å². The van der Waals surface area contributed by atoms with Crippen LogP contribution in [-0.4, -0.2) is 26.8 Å². The number of carbonyl (C=O) groups is 2. The largest absolute Gasteiger partial charge is 0.471 e. The monoisotopic (exact) mass is 362 g/mol. The summed E-state index contributed by atoms with van der Waals surface area (Å²) in [6, 6.07) is 8.57. The standard InChI is InChI=1S/C16H9F3N4O3/c17-16(18,19)15-22-13(23-26-15)12(24)9-1-3-11(4-2-9)21-14(25)10-5-7-20-8-6-10/h1-8H,(H,21,25). The molecule has 0 aliphatic rings. The number of carbonyl (C=O) groups excluding carboxylic acids is 2. The van der Waals surface area contributed by atoms with Gasteiger partial charge >= 0.3 is 12.1 Å². The second-order valence-corrected chi connectivity index (χ2v) is 5.02. The first-order valence-corrected chi connectivity index (χ1v) is 7.11. The number of halogens is 3. The number of nitrogens with one attached hydrogen (secondary N) is 1. The molecule has 0 atom stereocenters. The summed E-state index contributed by atoms with van der Waals surface area (Å²) in [6.45, 7) is 0. The van der Waals surface area contributed by atoms with Crippen LogP contribution in [0.3, 0.4) is 0 Å². The van der Waals surface area contributed by atoms with E-state index in [1.807, 2.05) is 0 Å². The molecule has 0 bridgehead atoms. The minimum Gasteiger partial charge on any atom is -0.329 e. The van der Waals surface area contributed by atoms with Gasteiger partial charge in [0.1, 0.15) is 0 Å². The molecule has 3 aromatic rings. The third-order valence-corrected chi connectivity index (χ3v) is 3.22. The number of ketones is 1. The number of amides is 1. The molecule has 3 rings (SSSR count). The van der Waals surface area contributed by atoms with Crippen LogP contribution in [0.2, 0.25) is 0 Å². The highest BCUT2D eigenvalue weighted by molar-refractivity contribution is 6.07. The van der Waals surface area contributed by atoms with Crippen molar-refractivity contribution in [1.29, 1.82) is 0 Å². The molecular weight excluding hydrogens is 353 g/mol. The highest BCUT2D eigenvalue weighted by Gasteiger charge is 2.39. The summed E-state index contributed by atoms with van der Waals surface area (Å²) in [7, 11) is 0. The Morgan fingerprint density at radius 1 is 0.962 bits per heavy atom. The van der Waals surface area contributed by atoms with Crippen molar-refractivity contribution < 1.29 is 27.3 Å². The molecule has 1 aromatic carbocycles. The molecule has 0 saturated heterocycles. The van der Waals surface area contributed by atoms with Gasteiger partial charge in [-0.25, -0.2) is 0 Å². The number of rotatable bonds is 4. The lowest BCUT2D eigenvalue weighted by Gasteiger charge is -2.05. The van der Waals surface area contributed by atoms with Crippen LogP contribution in [0.15, 0.2) is 53.3 Å². The van der Waals surface area contributed by atoms with Crippen molar-refractivity contribution in [1.82, 2.24) is 15.1 Å². The maximum atomic E-state index is 12.4. The van der Waals surface area contributed by atoms with Crippen molar-refractivity contribution in [2.24, 2.45) is 0 Å². The maximum Gasteiger partial charge on any atom is 0.471 e. The zero-order chi connectivity index (χ0) is 18.7. The summed E-state index contributed by atoms with van der Waals surface area (Å²) in [6.07, 6.45) is -1.89. The number of hydrogen-bond donors (Lipinski definition) is 1. The molecule has 0 aliphatic carbocycles. The number of nitrogens with zero attached hydrogens (tertiary/aromatic N) is 3. The molecule has 0 fully saturated rings. The van der Waals surface area contributed by atoms with Crippen molar-refractivity contribution in [2.45, 2.75) is 6.18 Å². The fourth-order valence-corrected chi connectivity index (χ4v) is 1.97. The summed E-state index contributed by atoms with van der Waals surface area (Å²) in [5, 5.41) is 5.65. The fraction of sp³-hybridized carbons (Fsp3) is 0.0625. The Labute approximate surface area is 143 Å². The van der Waals surface area contributed by atoms with E-state index in [1.165, 1.54) is 48.8 Å². The van der Waals surface area contributed by atoms with E-state index < -0.39 is 23.7 Å². The summed E-state index contributed by atoms with van der Waals surface area (Å²) < 4.78 is 41.3. The maximum absolute atomic E-state index is 12.4. The van der Waals surface area contributed by atoms with Gasteiger partial charge in [0, 0.05) is 29.2 Å². The van der Waals surface area contributed by atoms with Crippen LogP contribution in [0.1, 0.15) is 32.4 Å². The van der Waals surface area contributed by atoms with Crippen molar-refractivity contribution in [2.75, 3.05) is 5.32 Å². The topological polar surface area (TPSA) is 98.0 Å². The van der Waals surface area contributed by atoms with Gasteiger partial charge in [-0.3, -0.25) is 14.6 Å². The second kappa shape index (κ2) is 6.75. The van der Waals surface area contributed by atoms with Crippen LogP contribution in [-0.2, 0) is 6.18 Å². The van der Waals surface area contributed by atoms with Gasteiger partial charge in [-0.1, -0.05) is 5.16 Å². The molecule has 2 aromatic heterocycles. The van der Waals surface area contributed by atoms with Gasteiger partial charge in [0.15, 0.2) is 0 Å². The molecule has 2 heterocycles. The Bertz CT molecular complexity index is 937. The van der Waals surface area contributed by atoms with Crippen LogP contribution < -0.4 is 5.32 Å². The molecule has 0 unspecified atom stereocenters. The van der Waals surface area contributed by atoms with Gasteiger partial charge < -0.3 is 9.84 Å². The first-order valence-electron chi connectivity index (χ1n) is 7.11. The summed E-state index contributed by atoms with van der Waals surface area (Å²) in [5.41, 5.74) is 0.834. The molecule has 132 valence electrons. The third-order valence-electron chi connectivity index (χ3n) is 3.22. The van der Waals surface area contributed by atoms with Crippen LogP contribution >= 0.6 is 0 Å². The number of hydrogen-bond acceptors (Lipinski definition) is 6. The molecule has 0 spiro atoms. The summed E-state index contributed by atoms with van der Waals surface area (Å²) in [4.78, 5) is 30.9. The molecule has 10 heteroatoms. The van der Waals surface area contributed by atoms with E-state index in [0.29, 0.717) is 11.3 Å². The van der Waals surface area contributed by atoms with Gasteiger partial charge in [-0.05, 0) is 36.4 Å². The van der Waals surface area contributed by atoms with Crippen LogP contribution in [0.5, 0.6) is 0 Å². The number of aromatic nitrogens is 3. The zero-order valence-electron chi connectivity index (χ0n) is 12.8. The minimum absolute atomic E-state index is 0.0430. The molecule has 1 amide bonds. The Hall–Kier alpha value is -3.56. The lowest BCUT2D eigenvalue weighted by molar-refractivity contribution is -0.159. The Balaban J connectivity index is 1.72. The fourth-order valence-electron chi connectivity index (χ4n) is 1.97. The second-order valence-electron chi connectivity index (χ2n) is 5.02. The van der Waals surface area contributed by atoms with Crippen molar-refractivity contribution >= 4 is 17.4 Å². The van der Waals surface area contributed by atoms with Crippen LogP contribution in [0.25, 0.3) is 0 Å². The van der Waals surface area contributed by atoms with E-state index in [4.69, 9.17) is 0 Å². The predicted octanol–water partition coefficient (Wildman–Crippen LogP) is 2.97. The number of benzene rings is 1. The van der Waals surface area contributed by atoms with Gasteiger partial charge in [-0.2, -0.15) is 18.2 Å². The first kappa shape index (κ1) is 17.3. The van der Waals surface area contributed by atoms with E-state index in [1.54, 1.807) is 0 Å². The van der Waals surface area contributed by atoms with Crippen molar-refractivity contribution in [3.8, 4) is 0 Å². The first-order chi connectivity index (χ1) is 12.3. The third kappa shape index (κ3) is 3.74. The highest BCUT2D eigenvalue weighted by atomic mass is 19.4. The highest BCUT2D eigenvalue weighted by Crippen LogP contribution is 2.27. The molecule has 0 radical (unpaired) electrons. The van der Waals surface area contributed by atoms with Crippen LogP contribution in [0.4, 0.5) is 18.9 Å². The van der Waals surface area contributed by atoms with E-state index in [2.05, 4.69) is 25.0 Å². The smallest absolute Gasteiger partial charge is 0.329 e. The van der Waals surface area contributed by atoms with Gasteiger partial charge in [0.25, 0.3) is 5.91 Å². The summed E-state index contributed by atoms with van der Waals surface area (Å²) >= 11 is 0. The molecule has 0 aliphatic heterocycles. The molecule has 26 heavy (non-hydrogen) atoms. The molecule has 1 N–H and O–H groups in total. The molecule has 0 saturated carbocycles. The van der Waals surface area contributed by atoms with E-state index in [0.717, 1.165) is 0 Å². The zero-order valence-corrected chi connectivity index (χ0v) is 12.8. The van der Waals surface area contributed by atoms with E-state index in [9.17, 15) is 22.8 Å². The predicted molar refractivity (Wildman–Crippen MR) is 81.4 cm³/mol. The Morgan fingerprint density at radius 2 is 1.62 bits per heavy atom. The Morgan fingerprint density at radius 3 is 2.19 bits per heavy atom. The SMILES string of the molecule is O=C(Nc1ccc(C(=O)c2noc(C(F)(F)F)n2)cc1)c1ccncc1. The molecular formula is C16H9F3N4O3. The quantitative estimate of drug-likeness (QED) is 0.717. The lowest BCUT2D eigenvalue weighted by Crippen LogP contribution is -2.12. The van der Waals surface area contributed by atoms with Crippen molar-refractivity contribution in [3.63, 3.8) is 0 Å². The Kier molecular flexibility index (Phi) is 4.48. The van der Waals surface area contributed by atoms with Gasteiger partial charge in [-0.15, -0.1) is 0 Å². The number of anilines is 1. The summed E-state index contributed by atoms with van der Waals surface area (Å²) in [5.74, 6) is -3.51. The minimum atomic E-state index is -4.83. The van der Waals surface area contributed by atoms with Crippen molar-refractivity contribution in [3.05, 3.63) is 71.6 Å². The average Bonchev–Trinajstić information content (AvgIpc) is 3.13. The van der Waals surface area contributed by atoms with Crippen LogP contribution in [0, 0.1) is 0 Å². The molecule has 7 nitrogen and oxygen atoms in total.